The Hall–Kier alpha value is -0.422. The minimum absolute atomic E-state index is 0. The Morgan fingerprint density at radius 1 is 1.32 bits per heavy atom. The van der Waals surface area contributed by atoms with Gasteiger partial charge in [-0.2, -0.15) is 9.43 Å². The average Bonchev–Trinajstić information content (AvgIpc) is 2.81. The molecule has 2 aromatic rings. The van der Waals surface area contributed by atoms with Crippen molar-refractivity contribution in [3.8, 4) is 5.69 Å². The van der Waals surface area contributed by atoms with Crippen LogP contribution in [0.25, 0.3) is 5.69 Å². The van der Waals surface area contributed by atoms with Crippen LogP contribution >= 0.6 is 12.0 Å². The van der Waals surface area contributed by atoms with E-state index in [0.29, 0.717) is 11.0 Å². The second-order valence-electron chi connectivity index (χ2n) is 4.72. The SMILES string of the molecule is [B][B]B([B])c1cc(C)c(-n2nc(C)nc2SOO)cc1C.[W]. The van der Waals surface area contributed by atoms with Crippen molar-refractivity contribution in [1.29, 1.82) is 0 Å². The summed E-state index contributed by atoms with van der Waals surface area (Å²) in [5.74, 6) is 0.586. The van der Waals surface area contributed by atoms with Crippen LogP contribution in [0.1, 0.15) is 17.0 Å². The van der Waals surface area contributed by atoms with E-state index in [1.807, 2.05) is 26.0 Å². The smallest absolute Gasteiger partial charge is 0.221 e. The van der Waals surface area contributed by atoms with Gasteiger partial charge >= 0.3 is 0 Å². The van der Waals surface area contributed by atoms with Crippen LogP contribution in [0, 0.1) is 20.8 Å². The summed E-state index contributed by atoms with van der Waals surface area (Å²) in [5.41, 5.74) is 3.78. The number of aryl methyl sites for hydroxylation is 3. The molecule has 0 bridgehead atoms. The van der Waals surface area contributed by atoms with Gasteiger partial charge in [0.25, 0.3) is 0 Å². The Bertz CT molecular complexity index is 659. The molecule has 11 heteroatoms. The Morgan fingerprint density at radius 3 is 2.59 bits per heavy atom. The summed E-state index contributed by atoms with van der Waals surface area (Å²) in [7, 11) is 12.9. The fourth-order valence-electron chi connectivity index (χ4n) is 2.15. The van der Waals surface area contributed by atoms with E-state index in [-0.39, 0.29) is 27.6 Å². The molecule has 1 N–H and O–H groups in total. The summed E-state index contributed by atoms with van der Waals surface area (Å²) in [6.07, 6.45) is 0. The first-order valence-electron chi connectivity index (χ1n) is 6.31. The molecule has 1 heterocycles. The van der Waals surface area contributed by atoms with Crippen LogP contribution in [0.4, 0.5) is 0 Å². The van der Waals surface area contributed by atoms with Crippen molar-refractivity contribution >= 4 is 46.5 Å². The summed E-state index contributed by atoms with van der Waals surface area (Å²) >= 11 is 0.741. The molecule has 1 aromatic carbocycles. The van der Waals surface area contributed by atoms with Crippen LogP contribution in [0.15, 0.2) is 17.3 Å². The number of hydrogen-bond acceptors (Lipinski definition) is 5. The number of hydrogen-bond donors (Lipinski definition) is 1. The van der Waals surface area contributed by atoms with Crippen LogP contribution in [-0.4, -0.2) is 49.1 Å². The van der Waals surface area contributed by atoms with E-state index in [9.17, 15) is 0 Å². The molecule has 0 aliphatic heterocycles. The van der Waals surface area contributed by atoms with Crippen molar-refractivity contribution in [2.45, 2.75) is 25.9 Å². The Labute approximate surface area is 152 Å². The minimum Gasteiger partial charge on any atom is -0.239 e. The summed E-state index contributed by atoms with van der Waals surface area (Å²) in [6.45, 7) is 5.37. The van der Waals surface area contributed by atoms with Gasteiger partial charge in [0.2, 0.25) is 5.16 Å². The quantitative estimate of drug-likeness (QED) is 0.292. The zero-order valence-corrected chi connectivity index (χ0v) is 16.2. The standard InChI is InChI=1S/C11H12B4N3O2S.W/c1-6-5-10(7(2)4-9(6)15(13)14-12)18-11(21-20-19)16-8(3)17-18;/h4-5,19H,1-3H3;. The molecule has 0 amide bonds. The molecule has 0 saturated heterocycles. The molecule has 0 unspecified atom stereocenters. The van der Waals surface area contributed by atoms with Gasteiger partial charge in [-0.25, -0.2) is 14.9 Å². The molecule has 107 valence electrons. The molecule has 2 rings (SSSR count). The van der Waals surface area contributed by atoms with Crippen molar-refractivity contribution in [1.82, 2.24) is 14.8 Å². The molecule has 1 aromatic heterocycles. The fraction of sp³-hybridized carbons (Fsp3) is 0.273. The molecule has 0 fully saturated rings. The first kappa shape index (κ1) is 19.6. The van der Waals surface area contributed by atoms with E-state index >= 15 is 0 Å². The third kappa shape index (κ3) is 4.10. The number of aromatic nitrogens is 3. The predicted molar refractivity (Wildman–Crippen MR) is 87.8 cm³/mol. The van der Waals surface area contributed by atoms with E-state index in [2.05, 4.69) is 14.4 Å². The van der Waals surface area contributed by atoms with Crippen molar-refractivity contribution < 1.29 is 30.7 Å². The number of rotatable bonds is 5. The third-order valence-electron chi connectivity index (χ3n) is 3.17. The largest absolute Gasteiger partial charge is 0.239 e. The van der Waals surface area contributed by atoms with E-state index in [4.69, 9.17) is 20.7 Å². The summed E-state index contributed by atoms with van der Waals surface area (Å²) in [4.78, 5) is 4.20. The topological polar surface area (TPSA) is 60.2 Å². The first-order chi connectivity index (χ1) is 9.97. The molecule has 0 aliphatic carbocycles. The maximum Gasteiger partial charge on any atom is 0.221 e. The molecule has 0 spiro atoms. The number of benzene rings is 1. The van der Waals surface area contributed by atoms with Gasteiger partial charge in [-0.05, 0) is 32.4 Å². The summed E-state index contributed by atoms with van der Waals surface area (Å²) in [6, 6.07) is 3.94. The van der Waals surface area contributed by atoms with Gasteiger partial charge in [0.05, 0.1) is 12.2 Å². The maximum atomic E-state index is 8.62. The monoisotopic (exact) mass is 478 g/mol. The molecular weight excluding hydrogens is 465 g/mol. The zero-order valence-electron chi connectivity index (χ0n) is 12.5. The second kappa shape index (κ2) is 8.44. The van der Waals surface area contributed by atoms with E-state index in [1.54, 1.807) is 11.6 Å². The Balaban J connectivity index is 0.00000242. The van der Waals surface area contributed by atoms with Crippen LogP contribution in [0.2, 0.25) is 0 Å². The summed E-state index contributed by atoms with van der Waals surface area (Å²) < 4.78 is 5.73. The maximum absolute atomic E-state index is 8.62. The van der Waals surface area contributed by atoms with Crippen molar-refractivity contribution in [2.24, 2.45) is 0 Å². The van der Waals surface area contributed by atoms with Crippen LogP contribution in [0.3, 0.4) is 0 Å². The molecule has 22 heavy (non-hydrogen) atoms. The fourth-order valence-corrected chi connectivity index (χ4v) is 2.60. The van der Waals surface area contributed by atoms with E-state index in [0.717, 1.165) is 34.3 Å². The van der Waals surface area contributed by atoms with Gasteiger partial charge in [0.1, 0.15) is 17.9 Å². The van der Waals surface area contributed by atoms with E-state index in [1.165, 1.54) is 7.06 Å². The van der Waals surface area contributed by atoms with Gasteiger partial charge in [0, 0.05) is 43.6 Å². The Kier molecular flexibility index (Phi) is 7.52. The van der Waals surface area contributed by atoms with Gasteiger partial charge in [-0.3, -0.25) is 0 Å². The van der Waals surface area contributed by atoms with Gasteiger partial charge in [-0.15, -0.1) is 0 Å². The van der Waals surface area contributed by atoms with Gasteiger partial charge in [0.15, 0.2) is 0 Å². The second-order valence-corrected chi connectivity index (χ2v) is 5.41. The molecule has 5 radical (unpaired) electrons. The molecule has 5 nitrogen and oxygen atoms in total. The van der Waals surface area contributed by atoms with Crippen molar-refractivity contribution in [3.63, 3.8) is 0 Å². The van der Waals surface area contributed by atoms with Crippen molar-refractivity contribution in [3.05, 3.63) is 29.1 Å². The molecule has 0 aliphatic rings. The first-order valence-corrected chi connectivity index (χ1v) is 7.06. The predicted octanol–water partition coefficient (Wildman–Crippen LogP) is 0.338. The van der Waals surface area contributed by atoms with Crippen LogP contribution in [-0.2, 0) is 25.4 Å². The van der Waals surface area contributed by atoms with Crippen molar-refractivity contribution in [2.75, 3.05) is 0 Å². The average molecular weight is 477 g/mol. The third-order valence-corrected chi connectivity index (χ3v) is 3.66. The van der Waals surface area contributed by atoms with Gasteiger partial charge in [-0.1, -0.05) is 17.1 Å². The minimum atomic E-state index is -0.315. The van der Waals surface area contributed by atoms with Crippen LogP contribution < -0.4 is 5.46 Å². The van der Waals surface area contributed by atoms with E-state index < -0.39 is 0 Å². The zero-order chi connectivity index (χ0) is 15.6. The van der Waals surface area contributed by atoms with Gasteiger partial charge < -0.3 is 0 Å². The molecule has 0 saturated carbocycles. The molecular formula is C11H12B4N3O2SW. The normalized spacial score (nSPS) is 10.2. The summed E-state index contributed by atoms with van der Waals surface area (Å²) in [5, 5.41) is 13.4. The molecule has 0 atom stereocenters. The van der Waals surface area contributed by atoms with Crippen LogP contribution in [0.5, 0.6) is 0 Å². The number of nitrogens with zero attached hydrogens (tertiary/aromatic N) is 3. The Morgan fingerprint density at radius 2 is 2.00 bits per heavy atom.